The highest BCUT2D eigenvalue weighted by molar-refractivity contribution is 7.13. The summed E-state index contributed by atoms with van der Waals surface area (Å²) in [5, 5.41) is 3.06. The standard InChI is InChI=1S/C18H24N4O3S/c1-11-10-26-18(19-11)22-7-5-6-21(8-9-22)16(23)15-12(2)14(13(3)20-15)17(24)25-4/h10,20H,5-9H2,1-4H3. The lowest BCUT2D eigenvalue weighted by atomic mass is 10.1. The van der Waals surface area contributed by atoms with Crippen molar-refractivity contribution in [2.45, 2.75) is 27.2 Å². The molecule has 2 aromatic heterocycles. The van der Waals surface area contributed by atoms with Gasteiger partial charge in [-0.3, -0.25) is 4.79 Å². The van der Waals surface area contributed by atoms with Gasteiger partial charge in [-0.2, -0.15) is 0 Å². The zero-order valence-corrected chi connectivity index (χ0v) is 16.4. The van der Waals surface area contributed by atoms with E-state index in [1.54, 1.807) is 25.2 Å². The molecule has 7 nitrogen and oxygen atoms in total. The molecular weight excluding hydrogens is 352 g/mol. The van der Waals surface area contributed by atoms with E-state index in [-0.39, 0.29) is 5.91 Å². The van der Waals surface area contributed by atoms with Crippen LogP contribution in [0.15, 0.2) is 5.38 Å². The summed E-state index contributed by atoms with van der Waals surface area (Å²) in [5.74, 6) is -0.491. The maximum Gasteiger partial charge on any atom is 0.339 e. The fourth-order valence-electron chi connectivity index (χ4n) is 3.33. The molecule has 0 radical (unpaired) electrons. The van der Waals surface area contributed by atoms with Gasteiger partial charge in [0.15, 0.2) is 5.13 Å². The highest BCUT2D eigenvalue weighted by Crippen LogP contribution is 2.23. The minimum Gasteiger partial charge on any atom is -0.465 e. The molecule has 0 saturated carbocycles. The summed E-state index contributed by atoms with van der Waals surface area (Å²) < 4.78 is 4.83. The van der Waals surface area contributed by atoms with Crippen molar-refractivity contribution in [2.24, 2.45) is 0 Å². The third-order valence-electron chi connectivity index (χ3n) is 4.70. The molecule has 0 aromatic carbocycles. The second-order valence-corrected chi connectivity index (χ2v) is 7.36. The van der Waals surface area contributed by atoms with Gasteiger partial charge in [0.05, 0.1) is 18.4 Å². The molecule has 0 bridgehead atoms. The van der Waals surface area contributed by atoms with Crippen LogP contribution in [-0.2, 0) is 4.74 Å². The lowest BCUT2D eigenvalue weighted by molar-refractivity contribution is 0.0599. The molecule has 3 rings (SSSR count). The van der Waals surface area contributed by atoms with Crippen LogP contribution in [0.25, 0.3) is 0 Å². The van der Waals surface area contributed by atoms with Crippen molar-refractivity contribution in [3.63, 3.8) is 0 Å². The number of amides is 1. The van der Waals surface area contributed by atoms with E-state index in [1.165, 1.54) is 7.11 Å². The third kappa shape index (κ3) is 3.46. The van der Waals surface area contributed by atoms with Crippen LogP contribution < -0.4 is 4.90 Å². The predicted molar refractivity (Wildman–Crippen MR) is 101 cm³/mol. The first-order chi connectivity index (χ1) is 12.4. The molecule has 1 amide bonds. The summed E-state index contributed by atoms with van der Waals surface area (Å²) in [6, 6.07) is 0. The topological polar surface area (TPSA) is 78.5 Å². The Kier molecular flexibility index (Phi) is 5.31. The van der Waals surface area contributed by atoms with Crippen LogP contribution in [0.5, 0.6) is 0 Å². The fraction of sp³-hybridized carbons (Fsp3) is 0.500. The molecule has 1 aliphatic rings. The number of H-pyrrole nitrogens is 1. The Bertz CT molecular complexity index is 827. The van der Waals surface area contributed by atoms with E-state index in [1.807, 2.05) is 17.2 Å². The van der Waals surface area contributed by atoms with Gasteiger partial charge in [-0.1, -0.05) is 0 Å². The van der Waals surface area contributed by atoms with E-state index < -0.39 is 5.97 Å². The van der Waals surface area contributed by atoms with Gasteiger partial charge in [0.2, 0.25) is 0 Å². The smallest absolute Gasteiger partial charge is 0.339 e. The lowest BCUT2D eigenvalue weighted by Crippen LogP contribution is -2.35. The number of thiazole rings is 1. The van der Waals surface area contributed by atoms with E-state index in [4.69, 9.17) is 4.74 Å². The molecule has 1 saturated heterocycles. The maximum atomic E-state index is 13.0. The summed E-state index contributed by atoms with van der Waals surface area (Å²) in [7, 11) is 1.35. The third-order valence-corrected chi connectivity index (χ3v) is 5.72. The van der Waals surface area contributed by atoms with Crippen molar-refractivity contribution < 1.29 is 14.3 Å². The largest absolute Gasteiger partial charge is 0.465 e. The van der Waals surface area contributed by atoms with Crippen molar-refractivity contribution in [1.82, 2.24) is 14.9 Å². The highest BCUT2D eigenvalue weighted by atomic mass is 32.1. The first-order valence-corrected chi connectivity index (χ1v) is 9.54. The molecule has 0 aliphatic carbocycles. The number of ether oxygens (including phenoxy) is 1. The monoisotopic (exact) mass is 376 g/mol. The van der Waals surface area contributed by atoms with Gasteiger partial charge in [0.25, 0.3) is 5.91 Å². The number of aromatic amines is 1. The van der Waals surface area contributed by atoms with E-state index >= 15 is 0 Å². The summed E-state index contributed by atoms with van der Waals surface area (Å²) in [5.41, 5.74) is 3.26. The van der Waals surface area contributed by atoms with Crippen LogP contribution in [0.4, 0.5) is 5.13 Å². The Morgan fingerprint density at radius 2 is 1.96 bits per heavy atom. The second-order valence-electron chi connectivity index (χ2n) is 6.52. The van der Waals surface area contributed by atoms with Crippen LogP contribution in [0.2, 0.25) is 0 Å². The van der Waals surface area contributed by atoms with Gasteiger partial charge in [-0.25, -0.2) is 9.78 Å². The lowest BCUT2D eigenvalue weighted by Gasteiger charge is -2.21. The molecule has 26 heavy (non-hydrogen) atoms. The van der Waals surface area contributed by atoms with Crippen LogP contribution in [-0.4, -0.2) is 60.0 Å². The number of rotatable bonds is 3. The van der Waals surface area contributed by atoms with Crippen LogP contribution >= 0.6 is 11.3 Å². The second kappa shape index (κ2) is 7.49. The number of aryl methyl sites for hydroxylation is 2. The molecule has 140 valence electrons. The van der Waals surface area contributed by atoms with Crippen molar-refractivity contribution in [3.05, 3.63) is 33.6 Å². The van der Waals surface area contributed by atoms with E-state index in [0.717, 1.165) is 30.3 Å². The molecule has 2 aromatic rings. The van der Waals surface area contributed by atoms with E-state index in [9.17, 15) is 9.59 Å². The number of hydrogen-bond donors (Lipinski definition) is 1. The Hall–Kier alpha value is -2.35. The average molecular weight is 376 g/mol. The maximum absolute atomic E-state index is 13.0. The van der Waals surface area contributed by atoms with Gasteiger partial charge in [-0.05, 0) is 32.8 Å². The number of anilines is 1. The Morgan fingerprint density at radius 3 is 2.62 bits per heavy atom. The van der Waals surface area contributed by atoms with Gasteiger partial charge in [-0.15, -0.1) is 11.3 Å². The average Bonchev–Trinajstić information content (AvgIpc) is 3.07. The van der Waals surface area contributed by atoms with Crippen LogP contribution in [0.3, 0.4) is 0 Å². The molecule has 1 N–H and O–H groups in total. The first kappa shape index (κ1) is 18.4. The molecular formula is C18H24N4O3S. The summed E-state index contributed by atoms with van der Waals surface area (Å²) >= 11 is 1.64. The van der Waals surface area contributed by atoms with Crippen LogP contribution in [0.1, 0.15) is 44.2 Å². The van der Waals surface area contributed by atoms with E-state index in [0.29, 0.717) is 35.6 Å². The number of carbonyl (C=O) groups excluding carboxylic acids is 2. The Morgan fingerprint density at radius 1 is 1.19 bits per heavy atom. The zero-order valence-electron chi connectivity index (χ0n) is 15.6. The number of carbonyl (C=O) groups is 2. The molecule has 1 fully saturated rings. The fourth-order valence-corrected chi connectivity index (χ4v) is 4.19. The highest BCUT2D eigenvalue weighted by Gasteiger charge is 2.27. The van der Waals surface area contributed by atoms with Crippen molar-refractivity contribution in [1.29, 1.82) is 0 Å². The van der Waals surface area contributed by atoms with Gasteiger partial charge in [0.1, 0.15) is 5.69 Å². The number of methoxy groups -OCH3 is 1. The first-order valence-electron chi connectivity index (χ1n) is 8.66. The number of hydrogen-bond acceptors (Lipinski definition) is 6. The molecule has 8 heteroatoms. The van der Waals surface area contributed by atoms with Crippen LogP contribution in [0, 0.1) is 20.8 Å². The number of nitrogens with one attached hydrogen (secondary N) is 1. The summed E-state index contributed by atoms with van der Waals surface area (Å²) in [4.78, 5) is 36.7. The summed E-state index contributed by atoms with van der Waals surface area (Å²) in [6.07, 6.45) is 0.882. The van der Waals surface area contributed by atoms with Crippen molar-refractivity contribution in [3.8, 4) is 0 Å². The molecule has 0 unspecified atom stereocenters. The van der Waals surface area contributed by atoms with Crippen molar-refractivity contribution >= 4 is 28.3 Å². The minimum atomic E-state index is -0.420. The molecule has 1 aliphatic heterocycles. The Balaban J connectivity index is 1.76. The van der Waals surface area contributed by atoms with Gasteiger partial charge >= 0.3 is 5.97 Å². The molecule has 0 atom stereocenters. The van der Waals surface area contributed by atoms with Gasteiger partial charge in [0, 0.05) is 37.3 Å². The number of nitrogens with zero attached hydrogens (tertiary/aromatic N) is 3. The SMILES string of the molecule is COC(=O)c1c(C)[nH]c(C(=O)N2CCCN(c3nc(C)cs3)CC2)c1C. The zero-order chi connectivity index (χ0) is 18.8. The quantitative estimate of drug-likeness (QED) is 0.833. The predicted octanol–water partition coefficient (Wildman–Crippen LogP) is 2.54. The van der Waals surface area contributed by atoms with Crippen molar-refractivity contribution in [2.75, 3.05) is 38.2 Å². The normalized spacial score (nSPS) is 15.1. The Labute approximate surface area is 157 Å². The van der Waals surface area contributed by atoms with E-state index in [2.05, 4.69) is 14.9 Å². The molecule has 0 spiro atoms. The van der Waals surface area contributed by atoms with Gasteiger partial charge < -0.3 is 19.5 Å². The summed E-state index contributed by atoms with van der Waals surface area (Å²) in [6.45, 7) is 8.50. The number of esters is 1. The minimum absolute atomic E-state index is 0.0714. The number of aromatic nitrogens is 2. The molecule has 3 heterocycles.